The van der Waals surface area contributed by atoms with Gasteiger partial charge in [-0.15, -0.1) is 0 Å². The van der Waals surface area contributed by atoms with Crippen molar-refractivity contribution in [2.24, 2.45) is 0 Å². The number of hydrogen-bond acceptors (Lipinski definition) is 4. The predicted molar refractivity (Wildman–Crippen MR) is 77.9 cm³/mol. The van der Waals surface area contributed by atoms with Gasteiger partial charge in [-0.3, -0.25) is 15.0 Å². The van der Waals surface area contributed by atoms with Crippen molar-refractivity contribution in [3.63, 3.8) is 0 Å². The number of non-ortho nitro benzene ring substituents is 1. The lowest BCUT2D eigenvalue weighted by molar-refractivity contribution is -0.384. The summed E-state index contributed by atoms with van der Waals surface area (Å²) >= 11 is 6.13. The molecule has 1 aromatic carbocycles. The quantitative estimate of drug-likeness (QED) is 0.647. The molecular weight excluding hydrogens is 280 g/mol. The smallest absolute Gasteiger partial charge is 0.270 e. The van der Waals surface area contributed by atoms with E-state index in [9.17, 15) is 15.2 Å². The minimum Gasteiger partial charge on any atom is -0.395 e. The van der Waals surface area contributed by atoms with Gasteiger partial charge in [0.1, 0.15) is 0 Å². The molecule has 0 aromatic heterocycles. The summed E-state index contributed by atoms with van der Waals surface area (Å²) in [5.74, 6) is 0. The zero-order valence-electron chi connectivity index (χ0n) is 11.3. The molecule has 0 atom stereocenters. The van der Waals surface area contributed by atoms with E-state index in [1.165, 1.54) is 25.0 Å². The van der Waals surface area contributed by atoms with Crippen molar-refractivity contribution in [2.75, 3.05) is 13.2 Å². The number of halogens is 1. The fourth-order valence-corrected chi connectivity index (χ4v) is 3.02. The number of rotatable bonds is 6. The van der Waals surface area contributed by atoms with Crippen LogP contribution in [-0.2, 0) is 6.54 Å². The van der Waals surface area contributed by atoms with Crippen molar-refractivity contribution in [3.8, 4) is 0 Å². The van der Waals surface area contributed by atoms with E-state index >= 15 is 0 Å². The Kier molecular flexibility index (Phi) is 5.34. The van der Waals surface area contributed by atoms with Crippen LogP contribution in [-0.4, -0.2) is 34.1 Å². The van der Waals surface area contributed by atoms with Crippen LogP contribution < -0.4 is 0 Å². The van der Waals surface area contributed by atoms with Crippen LogP contribution in [0.1, 0.15) is 31.2 Å². The van der Waals surface area contributed by atoms with E-state index in [0.717, 1.165) is 18.4 Å². The molecule has 0 spiro atoms. The lowest BCUT2D eigenvalue weighted by atomic mass is 10.1. The maximum atomic E-state index is 10.7. The first-order valence-corrected chi connectivity index (χ1v) is 7.27. The highest BCUT2D eigenvalue weighted by Gasteiger charge is 2.23. The average Bonchev–Trinajstić information content (AvgIpc) is 2.94. The summed E-state index contributed by atoms with van der Waals surface area (Å²) < 4.78 is 0. The molecule has 6 heteroatoms. The van der Waals surface area contributed by atoms with Crippen molar-refractivity contribution < 1.29 is 10.0 Å². The normalized spacial score (nSPS) is 15.9. The van der Waals surface area contributed by atoms with E-state index < -0.39 is 4.92 Å². The van der Waals surface area contributed by atoms with E-state index in [-0.39, 0.29) is 12.3 Å². The molecule has 110 valence electrons. The Morgan fingerprint density at radius 3 is 2.65 bits per heavy atom. The Bertz CT molecular complexity index is 475. The number of aliphatic hydroxyl groups is 1. The minimum atomic E-state index is -0.446. The molecule has 0 bridgehead atoms. The van der Waals surface area contributed by atoms with E-state index in [1.807, 2.05) is 0 Å². The third kappa shape index (κ3) is 3.69. The summed E-state index contributed by atoms with van der Waals surface area (Å²) in [7, 11) is 0. The van der Waals surface area contributed by atoms with E-state index in [1.54, 1.807) is 6.07 Å². The Morgan fingerprint density at radius 1 is 1.40 bits per heavy atom. The molecule has 1 aromatic rings. The second kappa shape index (κ2) is 7.02. The summed E-state index contributed by atoms with van der Waals surface area (Å²) in [4.78, 5) is 12.5. The van der Waals surface area contributed by atoms with Crippen LogP contribution >= 0.6 is 11.6 Å². The second-order valence-electron chi connectivity index (χ2n) is 5.17. The van der Waals surface area contributed by atoms with Crippen LogP contribution in [0.15, 0.2) is 18.2 Å². The van der Waals surface area contributed by atoms with Crippen LogP contribution in [0.4, 0.5) is 5.69 Å². The maximum absolute atomic E-state index is 10.7. The third-order valence-electron chi connectivity index (χ3n) is 3.85. The van der Waals surface area contributed by atoms with Crippen LogP contribution in [0.25, 0.3) is 0 Å². The standard InChI is InChI=1S/C14H19ClN2O3/c15-14-9-13(17(19)20)6-5-11(14)10-16(7-8-18)12-3-1-2-4-12/h5-6,9,12,18H,1-4,7-8,10H2. The van der Waals surface area contributed by atoms with Crippen molar-refractivity contribution in [1.29, 1.82) is 0 Å². The third-order valence-corrected chi connectivity index (χ3v) is 4.20. The van der Waals surface area contributed by atoms with Gasteiger partial charge in [-0.2, -0.15) is 0 Å². The van der Waals surface area contributed by atoms with Gasteiger partial charge in [0.15, 0.2) is 0 Å². The lowest BCUT2D eigenvalue weighted by Gasteiger charge is -2.28. The Balaban J connectivity index is 2.11. The highest BCUT2D eigenvalue weighted by atomic mass is 35.5. The molecule has 0 heterocycles. The summed E-state index contributed by atoms with van der Waals surface area (Å²) in [5.41, 5.74) is 0.881. The highest BCUT2D eigenvalue weighted by Crippen LogP contribution is 2.28. The largest absolute Gasteiger partial charge is 0.395 e. The van der Waals surface area contributed by atoms with Crippen molar-refractivity contribution in [1.82, 2.24) is 4.90 Å². The average molecular weight is 299 g/mol. The molecule has 0 aliphatic heterocycles. The molecule has 0 amide bonds. The van der Waals surface area contributed by atoms with E-state index in [4.69, 9.17) is 11.6 Å². The summed E-state index contributed by atoms with van der Waals surface area (Å²) in [5, 5.41) is 20.3. The first-order valence-electron chi connectivity index (χ1n) is 6.89. The van der Waals surface area contributed by atoms with Gasteiger partial charge in [-0.25, -0.2) is 0 Å². The van der Waals surface area contributed by atoms with Gasteiger partial charge in [-0.05, 0) is 24.5 Å². The number of hydrogen-bond donors (Lipinski definition) is 1. The second-order valence-corrected chi connectivity index (χ2v) is 5.57. The topological polar surface area (TPSA) is 66.6 Å². The molecule has 5 nitrogen and oxygen atoms in total. The number of nitro groups is 1. The molecule has 1 aliphatic rings. The maximum Gasteiger partial charge on any atom is 0.270 e. The van der Waals surface area contributed by atoms with Gasteiger partial charge >= 0.3 is 0 Å². The monoisotopic (exact) mass is 298 g/mol. The Hall–Kier alpha value is -1.17. The first kappa shape index (κ1) is 15.2. The van der Waals surface area contributed by atoms with Crippen LogP contribution in [0, 0.1) is 10.1 Å². The van der Waals surface area contributed by atoms with Crippen molar-refractivity contribution >= 4 is 17.3 Å². The Labute approximate surface area is 123 Å². The fourth-order valence-electron chi connectivity index (χ4n) is 2.79. The molecule has 1 aliphatic carbocycles. The lowest BCUT2D eigenvalue weighted by Crippen LogP contribution is -2.35. The molecule has 0 unspecified atom stereocenters. The zero-order chi connectivity index (χ0) is 14.5. The molecule has 1 fully saturated rings. The number of aliphatic hydroxyl groups excluding tert-OH is 1. The number of nitrogens with zero attached hydrogens (tertiary/aromatic N) is 2. The van der Waals surface area contributed by atoms with Crippen molar-refractivity contribution in [2.45, 2.75) is 38.3 Å². The number of benzene rings is 1. The molecular formula is C14H19ClN2O3. The summed E-state index contributed by atoms with van der Waals surface area (Å²) in [6.45, 7) is 1.35. The molecule has 1 N–H and O–H groups in total. The molecule has 1 saturated carbocycles. The van der Waals surface area contributed by atoms with Gasteiger partial charge in [0, 0.05) is 31.3 Å². The SMILES string of the molecule is O=[N+]([O-])c1ccc(CN(CCO)C2CCCC2)c(Cl)c1. The van der Waals surface area contributed by atoms with Gasteiger partial charge in [0.2, 0.25) is 0 Å². The van der Waals surface area contributed by atoms with Crippen molar-refractivity contribution in [3.05, 3.63) is 38.9 Å². The zero-order valence-corrected chi connectivity index (χ0v) is 12.1. The predicted octanol–water partition coefficient (Wildman–Crippen LogP) is 2.99. The molecule has 20 heavy (non-hydrogen) atoms. The fraction of sp³-hybridized carbons (Fsp3) is 0.571. The van der Waals surface area contributed by atoms with E-state index in [0.29, 0.717) is 24.2 Å². The van der Waals surface area contributed by atoms with E-state index in [2.05, 4.69) is 4.90 Å². The van der Waals surface area contributed by atoms with Crippen LogP contribution in [0.3, 0.4) is 0 Å². The van der Waals surface area contributed by atoms with Gasteiger partial charge in [0.05, 0.1) is 16.6 Å². The van der Waals surface area contributed by atoms with Crippen LogP contribution in [0.5, 0.6) is 0 Å². The van der Waals surface area contributed by atoms with Crippen LogP contribution in [0.2, 0.25) is 5.02 Å². The number of nitro benzene ring substituents is 1. The molecule has 2 rings (SSSR count). The summed E-state index contributed by atoms with van der Waals surface area (Å²) in [6.07, 6.45) is 4.73. The van der Waals surface area contributed by atoms with Gasteiger partial charge in [-0.1, -0.05) is 24.4 Å². The highest BCUT2D eigenvalue weighted by molar-refractivity contribution is 6.31. The summed E-state index contributed by atoms with van der Waals surface area (Å²) in [6, 6.07) is 5.06. The minimum absolute atomic E-state index is 0.00771. The molecule has 0 saturated heterocycles. The van der Waals surface area contributed by atoms with Gasteiger partial charge < -0.3 is 5.11 Å². The molecule has 0 radical (unpaired) electrons. The Morgan fingerprint density at radius 2 is 2.10 bits per heavy atom. The first-order chi connectivity index (χ1) is 9.61. The van der Waals surface area contributed by atoms with Gasteiger partial charge in [0.25, 0.3) is 5.69 Å².